The number of aryl methyl sites for hydroxylation is 1. The largest absolute Gasteiger partial charge is 0.301 e. The van der Waals surface area contributed by atoms with E-state index in [1.54, 1.807) is 0 Å². The van der Waals surface area contributed by atoms with Gasteiger partial charge in [-0.25, -0.2) is 4.68 Å². The van der Waals surface area contributed by atoms with Gasteiger partial charge in [0, 0.05) is 6.16 Å². The Kier molecular flexibility index (Phi) is 4.17. The standard InChI is InChI=1S/C15H22N3OP/c1-6-20(19,17(4)5)15-12(2)16-18(13(15)3)14-10-8-7-9-11-14/h7-11H,6H2,1-5H3/t20-/m0/s1. The molecule has 0 bridgehead atoms. The summed E-state index contributed by atoms with van der Waals surface area (Å²) in [6, 6.07) is 9.96. The molecule has 0 aliphatic heterocycles. The number of hydrogen-bond donors (Lipinski definition) is 0. The summed E-state index contributed by atoms with van der Waals surface area (Å²) in [7, 11) is 1.21. The first-order chi connectivity index (χ1) is 9.41. The lowest BCUT2D eigenvalue weighted by Crippen LogP contribution is -2.23. The first kappa shape index (κ1) is 15.0. The van der Waals surface area contributed by atoms with Gasteiger partial charge in [0.15, 0.2) is 7.29 Å². The van der Waals surface area contributed by atoms with Gasteiger partial charge in [0.2, 0.25) is 0 Å². The van der Waals surface area contributed by atoms with Gasteiger partial charge in [-0.3, -0.25) is 4.67 Å². The molecule has 1 atom stereocenters. The van der Waals surface area contributed by atoms with E-state index in [1.165, 1.54) is 0 Å². The molecule has 4 nitrogen and oxygen atoms in total. The maximum absolute atomic E-state index is 13.2. The third-order valence-electron chi connectivity index (χ3n) is 3.68. The van der Waals surface area contributed by atoms with Crippen LogP contribution < -0.4 is 5.30 Å². The SMILES string of the molecule is CC[P@](=O)(c1c(C)nn(-c2ccccc2)c1C)N(C)C. The van der Waals surface area contributed by atoms with E-state index in [0.717, 1.165) is 22.4 Å². The first-order valence-electron chi connectivity index (χ1n) is 6.81. The molecule has 0 saturated carbocycles. The zero-order valence-corrected chi connectivity index (χ0v) is 13.7. The Bertz CT molecular complexity index is 647. The van der Waals surface area contributed by atoms with Crippen molar-refractivity contribution in [1.29, 1.82) is 0 Å². The molecule has 0 aliphatic rings. The minimum atomic E-state index is -2.55. The number of rotatable bonds is 4. The van der Waals surface area contributed by atoms with E-state index < -0.39 is 7.29 Å². The monoisotopic (exact) mass is 291 g/mol. The van der Waals surface area contributed by atoms with Gasteiger partial charge < -0.3 is 4.57 Å². The van der Waals surface area contributed by atoms with Gasteiger partial charge in [0.1, 0.15) is 0 Å². The maximum Gasteiger partial charge on any atom is 0.181 e. The molecule has 2 rings (SSSR count). The van der Waals surface area contributed by atoms with Crippen LogP contribution in [-0.2, 0) is 4.57 Å². The quantitative estimate of drug-likeness (QED) is 0.813. The summed E-state index contributed by atoms with van der Waals surface area (Å²) in [6.45, 7) is 5.90. The zero-order chi connectivity index (χ0) is 14.9. The van der Waals surface area contributed by atoms with Gasteiger partial charge in [0.05, 0.1) is 22.4 Å². The van der Waals surface area contributed by atoms with Crippen molar-refractivity contribution >= 4 is 12.6 Å². The van der Waals surface area contributed by atoms with Crippen LogP contribution in [0.25, 0.3) is 5.69 Å². The van der Waals surface area contributed by atoms with Gasteiger partial charge in [-0.1, -0.05) is 25.1 Å². The topological polar surface area (TPSA) is 38.1 Å². The lowest BCUT2D eigenvalue weighted by atomic mass is 10.3. The predicted octanol–water partition coefficient (Wildman–Crippen LogP) is 2.97. The molecule has 2 aromatic rings. The third-order valence-corrected chi connectivity index (χ3v) is 7.17. The highest BCUT2D eigenvalue weighted by Gasteiger charge is 2.32. The van der Waals surface area contributed by atoms with E-state index in [-0.39, 0.29) is 0 Å². The molecule has 5 heteroatoms. The number of benzene rings is 1. The molecule has 0 fully saturated rings. The molecule has 0 saturated heterocycles. The van der Waals surface area contributed by atoms with Crippen LogP contribution in [0.2, 0.25) is 0 Å². The summed E-state index contributed by atoms with van der Waals surface area (Å²) in [5, 5.41) is 5.49. The Labute approximate surface area is 120 Å². The molecule has 108 valence electrons. The van der Waals surface area contributed by atoms with Gasteiger partial charge in [-0.05, 0) is 40.1 Å². The molecular weight excluding hydrogens is 269 g/mol. The predicted molar refractivity (Wildman–Crippen MR) is 84.5 cm³/mol. The van der Waals surface area contributed by atoms with Gasteiger partial charge in [-0.2, -0.15) is 5.10 Å². The second kappa shape index (κ2) is 5.55. The summed E-state index contributed by atoms with van der Waals surface area (Å²) < 4.78 is 17.0. The fraction of sp³-hybridized carbons (Fsp3) is 0.400. The first-order valence-corrected chi connectivity index (χ1v) is 8.65. The van der Waals surface area contributed by atoms with Gasteiger partial charge in [0.25, 0.3) is 0 Å². The average molecular weight is 291 g/mol. The Morgan fingerprint density at radius 1 is 1.20 bits per heavy atom. The molecule has 1 aromatic heterocycles. The summed E-state index contributed by atoms with van der Waals surface area (Å²) in [5.41, 5.74) is 2.82. The fourth-order valence-corrected chi connectivity index (χ4v) is 5.03. The van der Waals surface area contributed by atoms with Crippen LogP contribution in [0, 0.1) is 13.8 Å². The third kappa shape index (κ3) is 2.34. The minimum absolute atomic E-state index is 0.613. The summed E-state index contributed by atoms with van der Waals surface area (Å²) in [6.07, 6.45) is 0.613. The lowest BCUT2D eigenvalue weighted by Gasteiger charge is -2.24. The van der Waals surface area contributed by atoms with Crippen molar-refractivity contribution in [2.75, 3.05) is 20.3 Å². The van der Waals surface area contributed by atoms with Gasteiger partial charge in [-0.15, -0.1) is 0 Å². The van der Waals surface area contributed by atoms with E-state index in [0.29, 0.717) is 6.16 Å². The van der Waals surface area contributed by atoms with E-state index >= 15 is 0 Å². The molecule has 20 heavy (non-hydrogen) atoms. The van der Waals surface area contributed by atoms with E-state index in [1.807, 2.05) is 74.6 Å². The highest BCUT2D eigenvalue weighted by atomic mass is 31.2. The summed E-state index contributed by atoms with van der Waals surface area (Å²) in [4.78, 5) is 0. The van der Waals surface area contributed by atoms with Crippen LogP contribution in [0.4, 0.5) is 0 Å². The molecule has 0 N–H and O–H groups in total. The summed E-state index contributed by atoms with van der Waals surface area (Å²) >= 11 is 0. The van der Waals surface area contributed by atoms with Crippen molar-refractivity contribution in [2.45, 2.75) is 20.8 Å². The number of nitrogens with zero attached hydrogens (tertiary/aromatic N) is 3. The molecule has 0 aliphatic carbocycles. The summed E-state index contributed by atoms with van der Waals surface area (Å²) in [5.74, 6) is 0. The van der Waals surface area contributed by atoms with Crippen LogP contribution in [0.5, 0.6) is 0 Å². The fourth-order valence-electron chi connectivity index (χ4n) is 2.60. The van der Waals surface area contributed by atoms with E-state index in [9.17, 15) is 4.57 Å². The number of aromatic nitrogens is 2. The van der Waals surface area contributed by atoms with Crippen molar-refractivity contribution < 1.29 is 4.57 Å². The number of para-hydroxylation sites is 1. The van der Waals surface area contributed by atoms with Crippen molar-refractivity contribution in [3.63, 3.8) is 0 Å². The molecule has 0 spiro atoms. The molecule has 0 amide bonds. The van der Waals surface area contributed by atoms with Crippen molar-refractivity contribution in [3.05, 3.63) is 41.7 Å². The Morgan fingerprint density at radius 2 is 1.80 bits per heavy atom. The van der Waals surface area contributed by atoms with Crippen LogP contribution in [0.15, 0.2) is 30.3 Å². The zero-order valence-electron chi connectivity index (χ0n) is 12.8. The average Bonchev–Trinajstić information content (AvgIpc) is 2.74. The Hall–Kier alpha value is -1.38. The van der Waals surface area contributed by atoms with Crippen LogP contribution >= 0.6 is 7.29 Å². The maximum atomic E-state index is 13.2. The molecular formula is C15H22N3OP. The van der Waals surface area contributed by atoms with Crippen LogP contribution in [0.3, 0.4) is 0 Å². The Morgan fingerprint density at radius 3 is 2.30 bits per heavy atom. The van der Waals surface area contributed by atoms with Crippen molar-refractivity contribution in [2.24, 2.45) is 0 Å². The van der Waals surface area contributed by atoms with Gasteiger partial charge >= 0.3 is 0 Å². The van der Waals surface area contributed by atoms with Crippen molar-refractivity contribution in [3.8, 4) is 5.69 Å². The molecule has 0 radical (unpaired) electrons. The molecule has 1 aromatic carbocycles. The highest BCUT2D eigenvalue weighted by Crippen LogP contribution is 2.47. The van der Waals surface area contributed by atoms with E-state index in [2.05, 4.69) is 5.10 Å². The van der Waals surface area contributed by atoms with E-state index in [4.69, 9.17) is 0 Å². The Balaban J connectivity index is 2.64. The second-order valence-corrected chi connectivity index (χ2v) is 8.41. The van der Waals surface area contributed by atoms with Crippen molar-refractivity contribution in [1.82, 2.24) is 14.5 Å². The smallest absolute Gasteiger partial charge is 0.181 e. The number of hydrogen-bond acceptors (Lipinski definition) is 2. The lowest BCUT2D eigenvalue weighted by molar-refractivity contribution is 0.525. The minimum Gasteiger partial charge on any atom is -0.301 e. The normalized spacial score (nSPS) is 14.5. The van der Waals surface area contributed by atoms with Crippen LogP contribution in [-0.4, -0.2) is 34.7 Å². The second-order valence-electron chi connectivity index (χ2n) is 5.13. The molecule has 0 unspecified atom stereocenters. The highest BCUT2D eigenvalue weighted by molar-refractivity contribution is 7.69. The van der Waals surface area contributed by atoms with Crippen LogP contribution in [0.1, 0.15) is 18.3 Å². The molecule has 1 heterocycles.